The Morgan fingerprint density at radius 2 is 1.97 bits per heavy atom. The number of phenols is 1. The van der Waals surface area contributed by atoms with E-state index in [0.717, 1.165) is 42.4 Å². The SMILES string of the molecule is CCCN1C(=O)[C@@H]2[C@@H](CC(CO)=C3[C@@H](CC/C(=C/c4ccccc4O)CC)OC[C@@H]32)C1=O. The summed E-state index contributed by atoms with van der Waals surface area (Å²) in [6, 6.07) is 7.29. The number of ether oxygens (including phenoxy) is 1. The zero-order valence-corrected chi connectivity index (χ0v) is 18.9. The topological polar surface area (TPSA) is 87.1 Å². The molecule has 1 aliphatic carbocycles. The van der Waals surface area contributed by atoms with Gasteiger partial charge in [-0.2, -0.15) is 0 Å². The Morgan fingerprint density at radius 1 is 1.19 bits per heavy atom. The molecule has 2 saturated heterocycles. The van der Waals surface area contributed by atoms with Crippen molar-refractivity contribution in [2.24, 2.45) is 17.8 Å². The third-order valence-corrected chi connectivity index (χ3v) is 7.22. The average molecular weight is 440 g/mol. The molecule has 2 aliphatic heterocycles. The lowest BCUT2D eigenvalue weighted by Crippen LogP contribution is -2.35. The molecule has 0 aromatic heterocycles. The predicted molar refractivity (Wildman–Crippen MR) is 122 cm³/mol. The van der Waals surface area contributed by atoms with Crippen LogP contribution in [0.3, 0.4) is 0 Å². The fourth-order valence-corrected chi connectivity index (χ4v) is 5.63. The molecule has 172 valence electrons. The van der Waals surface area contributed by atoms with Crippen molar-refractivity contribution in [3.63, 3.8) is 0 Å². The van der Waals surface area contributed by atoms with Gasteiger partial charge >= 0.3 is 0 Å². The summed E-state index contributed by atoms with van der Waals surface area (Å²) < 4.78 is 6.16. The molecule has 2 heterocycles. The number of hydrogen-bond acceptors (Lipinski definition) is 5. The minimum atomic E-state index is -0.362. The lowest BCUT2D eigenvalue weighted by Gasteiger charge is -2.31. The van der Waals surface area contributed by atoms with Crippen molar-refractivity contribution >= 4 is 17.9 Å². The Bertz CT molecular complexity index is 949. The van der Waals surface area contributed by atoms with Crippen LogP contribution in [0, 0.1) is 17.8 Å². The normalized spacial score (nSPS) is 27.8. The number of nitrogens with zero attached hydrogens (tertiary/aromatic N) is 1. The van der Waals surface area contributed by atoms with Gasteiger partial charge in [-0.3, -0.25) is 14.5 Å². The van der Waals surface area contributed by atoms with Gasteiger partial charge in [-0.1, -0.05) is 43.7 Å². The van der Waals surface area contributed by atoms with Crippen molar-refractivity contribution in [2.75, 3.05) is 19.8 Å². The number of hydrogen-bond donors (Lipinski definition) is 2. The largest absolute Gasteiger partial charge is 0.507 e. The summed E-state index contributed by atoms with van der Waals surface area (Å²) in [7, 11) is 0. The molecule has 6 nitrogen and oxygen atoms in total. The summed E-state index contributed by atoms with van der Waals surface area (Å²) in [4.78, 5) is 27.3. The first-order chi connectivity index (χ1) is 15.5. The van der Waals surface area contributed by atoms with Gasteiger partial charge in [0.25, 0.3) is 0 Å². The van der Waals surface area contributed by atoms with Crippen molar-refractivity contribution in [3.05, 3.63) is 46.5 Å². The summed E-state index contributed by atoms with van der Waals surface area (Å²) in [6.45, 7) is 4.85. The van der Waals surface area contributed by atoms with Gasteiger partial charge in [0.15, 0.2) is 0 Å². The Morgan fingerprint density at radius 3 is 2.66 bits per heavy atom. The number of likely N-dealkylation sites (tertiary alicyclic amines) is 1. The number of aromatic hydroxyl groups is 1. The number of allylic oxidation sites excluding steroid dienone is 1. The van der Waals surface area contributed by atoms with E-state index >= 15 is 0 Å². The standard InChI is InChI=1S/C26H33NO5/c1-3-11-27-25(30)19-13-18(14-28)23-20(24(19)26(27)31)15-32-22(23)10-9-16(4-2)12-17-7-5-6-8-21(17)29/h5-8,12,19-20,22,24,28-29H,3-4,9-11,13-15H2,1-2H3/b16-12+/t19-,20+,22-,24-/m1/s1. The van der Waals surface area contributed by atoms with Crippen molar-refractivity contribution in [2.45, 2.75) is 52.1 Å². The minimum Gasteiger partial charge on any atom is -0.507 e. The number of benzene rings is 1. The molecule has 4 atom stereocenters. The quantitative estimate of drug-likeness (QED) is 0.477. The molecule has 2 N–H and O–H groups in total. The highest BCUT2D eigenvalue weighted by molar-refractivity contribution is 6.05. The van der Waals surface area contributed by atoms with Crippen LogP contribution in [-0.2, 0) is 14.3 Å². The minimum absolute atomic E-state index is 0.0701. The highest BCUT2D eigenvalue weighted by Crippen LogP contribution is 2.49. The summed E-state index contributed by atoms with van der Waals surface area (Å²) in [6.07, 6.45) is 5.49. The number of amides is 2. The first-order valence-corrected chi connectivity index (χ1v) is 11.8. The summed E-state index contributed by atoms with van der Waals surface area (Å²) in [5.74, 6) is -0.730. The molecule has 0 bridgehead atoms. The van der Waals surface area contributed by atoms with Crippen LogP contribution in [0.25, 0.3) is 6.08 Å². The average Bonchev–Trinajstić information content (AvgIpc) is 3.32. The Balaban J connectivity index is 1.53. The Hall–Kier alpha value is -2.44. The van der Waals surface area contributed by atoms with E-state index in [1.165, 1.54) is 10.5 Å². The van der Waals surface area contributed by atoms with Crippen LogP contribution >= 0.6 is 0 Å². The maximum atomic E-state index is 13.1. The van der Waals surface area contributed by atoms with Gasteiger partial charge in [-0.15, -0.1) is 0 Å². The molecule has 0 unspecified atom stereocenters. The van der Waals surface area contributed by atoms with Crippen LogP contribution in [0.2, 0.25) is 0 Å². The number of rotatable bonds is 8. The van der Waals surface area contributed by atoms with Gasteiger partial charge in [-0.25, -0.2) is 0 Å². The smallest absolute Gasteiger partial charge is 0.233 e. The van der Waals surface area contributed by atoms with E-state index in [4.69, 9.17) is 4.74 Å². The van der Waals surface area contributed by atoms with E-state index in [1.807, 2.05) is 25.1 Å². The maximum Gasteiger partial charge on any atom is 0.233 e. The maximum absolute atomic E-state index is 13.1. The summed E-state index contributed by atoms with van der Waals surface area (Å²) in [5, 5.41) is 20.2. The second kappa shape index (κ2) is 9.59. The van der Waals surface area contributed by atoms with Crippen LogP contribution in [0.4, 0.5) is 0 Å². The van der Waals surface area contributed by atoms with Crippen LogP contribution < -0.4 is 0 Å². The lowest BCUT2D eigenvalue weighted by atomic mass is 9.69. The van der Waals surface area contributed by atoms with Gasteiger partial charge < -0.3 is 14.9 Å². The van der Waals surface area contributed by atoms with Crippen molar-refractivity contribution in [3.8, 4) is 5.75 Å². The second-order valence-electron chi connectivity index (χ2n) is 9.06. The number of aliphatic hydroxyl groups is 1. The number of fused-ring (bicyclic) bond motifs is 3. The number of imide groups is 1. The predicted octanol–water partition coefficient (Wildman–Crippen LogP) is 3.68. The van der Waals surface area contributed by atoms with Gasteiger partial charge in [-0.05, 0) is 49.3 Å². The zero-order valence-electron chi connectivity index (χ0n) is 18.9. The van der Waals surface area contributed by atoms with E-state index in [0.29, 0.717) is 19.6 Å². The van der Waals surface area contributed by atoms with Crippen LogP contribution in [0.15, 0.2) is 41.0 Å². The lowest BCUT2D eigenvalue weighted by molar-refractivity contribution is -0.140. The van der Waals surface area contributed by atoms with E-state index in [-0.39, 0.29) is 48.0 Å². The van der Waals surface area contributed by atoms with Gasteiger partial charge in [0.05, 0.1) is 31.2 Å². The molecule has 1 aromatic carbocycles. The number of aliphatic hydroxyl groups excluding tert-OH is 1. The van der Waals surface area contributed by atoms with Crippen molar-refractivity contribution in [1.82, 2.24) is 4.90 Å². The third kappa shape index (κ3) is 4.02. The molecule has 32 heavy (non-hydrogen) atoms. The molecule has 2 fully saturated rings. The summed E-state index contributed by atoms with van der Waals surface area (Å²) >= 11 is 0. The fraction of sp³-hybridized carbons (Fsp3) is 0.538. The van der Waals surface area contributed by atoms with Gasteiger partial charge in [0.1, 0.15) is 5.75 Å². The molecular weight excluding hydrogens is 406 g/mol. The van der Waals surface area contributed by atoms with E-state index in [9.17, 15) is 19.8 Å². The molecule has 0 saturated carbocycles. The highest BCUT2D eigenvalue weighted by Gasteiger charge is 2.56. The Kier molecular flexibility index (Phi) is 6.82. The first-order valence-electron chi connectivity index (χ1n) is 11.8. The second-order valence-corrected chi connectivity index (χ2v) is 9.06. The van der Waals surface area contributed by atoms with E-state index in [1.54, 1.807) is 12.1 Å². The number of para-hydroxylation sites is 1. The molecule has 3 aliphatic rings. The molecule has 2 amide bonds. The monoisotopic (exact) mass is 439 g/mol. The van der Waals surface area contributed by atoms with Crippen LogP contribution in [0.1, 0.15) is 51.5 Å². The molecule has 4 rings (SSSR count). The van der Waals surface area contributed by atoms with E-state index < -0.39 is 0 Å². The molecule has 0 radical (unpaired) electrons. The third-order valence-electron chi connectivity index (χ3n) is 7.22. The zero-order chi connectivity index (χ0) is 22.8. The number of phenolic OH excluding ortho intramolecular Hbond substituents is 1. The van der Waals surface area contributed by atoms with Crippen LogP contribution in [0.5, 0.6) is 5.75 Å². The first kappa shape index (κ1) is 22.7. The van der Waals surface area contributed by atoms with Gasteiger partial charge in [0, 0.05) is 18.0 Å². The molecule has 0 spiro atoms. The number of carbonyl (C=O) groups excluding carboxylic acids is 2. The number of carbonyl (C=O) groups is 2. The van der Waals surface area contributed by atoms with Crippen LogP contribution in [-0.4, -0.2) is 52.8 Å². The van der Waals surface area contributed by atoms with E-state index in [2.05, 4.69) is 6.92 Å². The molecule has 6 heteroatoms. The molecule has 1 aromatic rings. The Labute approximate surface area is 189 Å². The van der Waals surface area contributed by atoms with Gasteiger partial charge in [0.2, 0.25) is 11.8 Å². The molecular formula is C26H33NO5. The fourth-order valence-electron chi connectivity index (χ4n) is 5.63. The van der Waals surface area contributed by atoms with Crippen molar-refractivity contribution < 1.29 is 24.5 Å². The van der Waals surface area contributed by atoms with Crippen molar-refractivity contribution in [1.29, 1.82) is 0 Å². The summed E-state index contributed by atoms with van der Waals surface area (Å²) in [5.41, 5.74) is 3.93. The highest BCUT2D eigenvalue weighted by atomic mass is 16.5.